The second kappa shape index (κ2) is 6.23. The Morgan fingerprint density at radius 2 is 2.25 bits per heavy atom. The molecular formula is C11H16ClN3O. The summed E-state index contributed by atoms with van der Waals surface area (Å²) in [6.45, 7) is 3.05. The van der Waals surface area contributed by atoms with Crippen molar-refractivity contribution in [1.82, 2.24) is 5.32 Å². The van der Waals surface area contributed by atoms with Gasteiger partial charge in [-0.1, -0.05) is 17.7 Å². The molecule has 1 aromatic rings. The Morgan fingerprint density at radius 1 is 1.50 bits per heavy atom. The summed E-state index contributed by atoms with van der Waals surface area (Å²) in [5, 5.41) is 6.34. The SMILES string of the molecule is CCNC(=O)CCNc1c(N)cccc1Cl. The van der Waals surface area contributed by atoms with Crippen LogP contribution in [0.2, 0.25) is 5.02 Å². The number of benzene rings is 1. The number of carbonyl (C=O) groups excluding carboxylic acids is 1. The van der Waals surface area contributed by atoms with Crippen molar-refractivity contribution in [2.24, 2.45) is 0 Å². The minimum atomic E-state index is 0.0145. The molecule has 0 unspecified atom stereocenters. The highest BCUT2D eigenvalue weighted by molar-refractivity contribution is 6.33. The molecule has 0 aromatic heterocycles. The zero-order valence-electron chi connectivity index (χ0n) is 9.22. The number of hydrogen-bond donors (Lipinski definition) is 3. The summed E-state index contributed by atoms with van der Waals surface area (Å²) >= 11 is 5.96. The molecule has 1 aromatic carbocycles. The molecule has 88 valence electrons. The first kappa shape index (κ1) is 12.6. The normalized spacial score (nSPS) is 9.88. The lowest BCUT2D eigenvalue weighted by molar-refractivity contribution is -0.120. The molecule has 0 atom stereocenters. The maximum Gasteiger partial charge on any atom is 0.221 e. The Morgan fingerprint density at radius 3 is 2.88 bits per heavy atom. The highest BCUT2D eigenvalue weighted by atomic mass is 35.5. The van der Waals surface area contributed by atoms with E-state index in [1.165, 1.54) is 0 Å². The molecule has 0 radical (unpaired) electrons. The van der Waals surface area contributed by atoms with E-state index in [-0.39, 0.29) is 5.91 Å². The summed E-state index contributed by atoms with van der Waals surface area (Å²) in [4.78, 5) is 11.2. The van der Waals surface area contributed by atoms with Crippen LogP contribution in [-0.2, 0) is 4.79 Å². The van der Waals surface area contributed by atoms with Crippen molar-refractivity contribution >= 4 is 28.9 Å². The zero-order chi connectivity index (χ0) is 12.0. The van der Waals surface area contributed by atoms with Gasteiger partial charge < -0.3 is 16.4 Å². The molecular weight excluding hydrogens is 226 g/mol. The molecule has 1 rings (SSSR count). The Balaban J connectivity index is 2.46. The maximum absolute atomic E-state index is 11.2. The molecule has 4 N–H and O–H groups in total. The fraction of sp³-hybridized carbons (Fsp3) is 0.364. The van der Waals surface area contributed by atoms with Gasteiger partial charge in [-0.15, -0.1) is 0 Å². The van der Waals surface area contributed by atoms with Crippen molar-refractivity contribution < 1.29 is 4.79 Å². The molecule has 0 saturated heterocycles. The number of nitrogen functional groups attached to an aromatic ring is 1. The van der Waals surface area contributed by atoms with Gasteiger partial charge in [0.25, 0.3) is 0 Å². The monoisotopic (exact) mass is 241 g/mol. The number of halogens is 1. The quantitative estimate of drug-likeness (QED) is 0.690. The number of para-hydroxylation sites is 1. The van der Waals surface area contributed by atoms with E-state index in [4.69, 9.17) is 17.3 Å². The van der Waals surface area contributed by atoms with Crippen LogP contribution in [0, 0.1) is 0 Å². The van der Waals surface area contributed by atoms with E-state index in [0.717, 1.165) is 0 Å². The third-order valence-electron chi connectivity index (χ3n) is 2.07. The van der Waals surface area contributed by atoms with E-state index < -0.39 is 0 Å². The van der Waals surface area contributed by atoms with E-state index in [1.807, 2.05) is 6.92 Å². The number of rotatable bonds is 5. The van der Waals surface area contributed by atoms with E-state index in [0.29, 0.717) is 35.9 Å². The summed E-state index contributed by atoms with van der Waals surface area (Å²) in [5.74, 6) is 0.0145. The minimum Gasteiger partial charge on any atom is -0.397 e. The molecule has 5 heteroatoms. The van der Waals surface area contributed by atoms with Crippen molar-refractivity contribution in [3.8, 4) is 0 Å². The first-order valence-corrected chi connectivity index (χ1v) is 5.57. The molecule has 0 fully saturated rings. The number of nitrogens with one attached hydrogen (secondary N) is 2. The Bertz CT molecular complexity index is 348. The average molecular weight is 242 g/mol. The van der Waals surface area contributed by atoms with Gasteiger partial charge in [-0.25, -0.2) is 0 Å². The highest BCUT2D eigenvalue weighted by Crippen LogP contribution is 2.27. The van der Waals surface area contributed by atoms with Gasteiger partial charge in [0.05, 0.1) is 16.4 Å². The molecule has 0 heterocycles. The van der Waals surface area contributed by atoms with Crippen molar-refractivity contribution in [3.05, 3.63) is 23.2 Å². The van der Waals surface area contributed by atoms with Gasteiger partial charge in [-0.2, -0.15) is 0 Å². The molecule has 0 saturated carbocycles. The number of anilines is 2. The first-order valence-electron chi connectivity index (χ1n) is 5.19. The fourth-order valence-electron chi connectivity index (χ4n) is 1.31. The third-order valence-corrected chi connectivity index (χ3v) is 2.39. The number of carbonyl (C=O) groups is 1. The van der Waals surface area contributed by atoms with Crippen LogP contribution in [0.3, 0.4) is 0 Å². The van der Waals surface area contributed by atoms with Crippen LogP contribution in [0.1, 0.15) is 13.3 Å². The summed E-state index contributed by atoms with van der Waals surface area (Å²) in [5.41, 5.74) is 7.02. The lowest BCUT2D eigenvalue weighted by Gasteiger charge is -2.10. The summed E-state index contributed by atoms with van der Waals surface area (Å²) < 4.78 is 0. The summed E-state index contributed by atoms with van der Waals surface area (Å²) in [6.07, 6.45) is 0.401. The standard InChI is InChI=1S/C11H16ClN3O/c1-2-14-10(16)6-7-15-11-8(12)4-3-5-9(11)13/h3-5,15H,2,6-7,13H2,1H3,(H,14,16). The third kappa shape index (κ3) is 3.62. The van der Waals surface area contributed by atoms with Crippen LogP contribution < -0.4 is 16.4 Å². The maximum atomic E-state index is 11.2. The lowest BCUT2D eigenvalue weighted by Crippen LogP contribution is -2.24. The van der Waals surface area contributed by atoms with Crippen LogP contribution >= 0.6 is 11.6 Å². The number of nitrogens with two attached hydrogens (primary N) is 1. The van der Waals surface area contributed by atoms with Crippen molar-refractivity contribution in [3.63, 3.8) is 0 Å². The van der Waals surface area contributed by atoms with Gasteiger partial charge in [-0.3, -0.25) is 4.79 Å². The van der Waals surface area contributed by atoms with E-state index >= 15 is 0 Å². The summed E-state index contributed by atoms with van der Waals surface area (Å²) in [7, 11) is 0. The summed E-state index contributed by atoms with van der Waals surface area (Å²) in [6, 6.07) is 5.30. The minimum absolute atomic E-state index is 0.0145. The second-order valence-electron chi connectivity index (χ2n) is 3.33. The van der Waals surface area contributed by atoms with Crippen LogP contribution in [-0.4, -0.2) is 19.0 Å². The van der Waals surface area contributed by atoms with Crippen LogP contribution in [0.5, 0.6) is 0 Å². The topological polar surface area (TPSA) is 67.2 Å². The van der Waals surface area contributed by atoms with Gasteiger partial charge in [-0.05, 0) is 19.1 Å². The zero-order valence-corrected chi connectivity index (χ0v) is 9.97. The van der Waals surface area contributed by atoms with Gasteiger partial charge >= 0.3 is 0 Å². The van der Waals surface area contributed by atoms with E-state index in [2.05, 4.69) is 10.6 Å². The highest BCUT2D eigenvalue weighted by Gasteiger charge is 2.04. The van der Waals surface area contributed by atoms with E-state index in [1.54, 1.807) is 18.2 Å². The molecule has 0 aliphatic rings. The van der Waals surface area contributed by atoms with Crippen LogP contribution in [0.25, 0.3) is 0 Å². The fourth-order valence-corrected chi connectivity index (χ4v) is 1.56. The second-order valence-corrected chi connectivity index (χ2v) is 3.74. The molecule has 1 amide bonds. The van der Waals surface area contributed by atoms with Crippen molar-refractivity contribution in [2.45, 2.75) is 13.3 Å². The average Bonchev–Trinajstić information content (AvgIpc) is 2.23. The van der Waals surface area contributed by atoms with Gasteiger partial charge in [0, 0.05) is 19.5 Å². The Labute approximate surface area is 100 Å². The van der Waals surface area contributed by atoms with Crippen molar-refractivity contribution in [1.29, 1.82) is 0 Å². The van der Waals surface area contributed by atoms with Gasteiger partial charge in [0.15, 0.2) is 0 Å². The Hall–Kier alpha value is -1.42. The predicted molar refractivity (Wildman–Crippen MR) is 67.7 cm³/mol. The van der Waals surface area contributed by atoms with Crippen LogP contribution in [0.15, 0.2) is 18.2 Å². The van der Waals surface area contributed by atoms with Crippen LogP contribution in [0.4, 0.5) is 11.4 Å². The van der Waals surface area contributed by atoms with E-state index in [9.17, 15) is 4.79 Å². The first-order chi connectivity index (χ1) is 7.65. The molecule has 0 bridgehead atoms. The number of amides is 1. The number of hydrogen-bond acceptors (Lipinski definition) is 3. The van der Waals surface area contributed by atoms with Gasteiger partial charge in [0.1, 0.15) is 0 Å². The molecule has 16 heavy (non-hydrogen) atoms. The lowest BCUT2D eigenvalue weighted by atomic mass is 10.2. The molecule has 0 spiro atoms. The van der Waals surface area contributed by atoms with Crippen molar-refractivity contribution in [2.75, 3.05) is 24.1 Å². The largest absolute Gasteiger partial charge is 0.397 e. The molecule has 0 aliphatic carbocycles. The Kier molecular flexibility index (Phi) is 4.92. The van der Waals surface area contributed by atoms with Gasteiger partial charge in [0.2, 0.25) is 5.91 Å². The predicted octanol–water partition coefficient (Wildman–Crippen LogP) is 1.86. The molecule has 4 nitrogen and oxygen atoms in total. The molecule has 0 aliphatic heterocycles. The smallest absolute Gasteiger partial charge is 0.221 e.